The van der Waals surface area contributed by atoms with E-state index in [9.17, 15) is 9.50 Å². The minimum atomic E-state index is -0.104. The molecule has 6 heteroatoms. The zero-order valence-electron chi connectivity index (χ0n) is 89.5. The van der Waals surface area contributed by atoms with Crippen LogP contribution in [0.15, 0.2) is 231 Å². The molecule has 724 valence electrons. The van der Waals surface area contributed by atoms with Crippen LogP contribution in [0.4, 0.5) is 4.39 Å². The first-order chi connectivity index (χ1) is 58.6. The molecule has 0 saturated heterocycles. The van der Waals surface area contributed by atoms with Crippen LogP contribution in [0, 0.1) is 82.0 Å². The van der Waals surface area contributed by atoms with Gasteiger partial charge in [0.2, 0.25) is 0 Å². The highest BCUT2D eigenvalue weighted by atomic mass is 35.5. The maximum Gasteiger partial charge on any atom is 0.126 e. The summed E-state index contributed by atoms with van der Waals surface area (Å²) in [6, 6.07) is 79.7. The van der Waals surface area contributed by atoms with Crippen molar-refractivity contribution in [3.05, 3.63) is 379 Å². The molecule has 0 radical (unpaired) electrons. The maximum atomic E-state index is 13.3. The Bertz CT molecular complexity index is 4910. The molecular weight excluding hydrogens is 1660 g/mol. The molecule has 0 aromatic heterocycles. The van der Waals surface area contributed by atoms with Gasteiger partial charge in [-0.25, -0.2) is 4.39 Å². The largest absolute Gasteiger partial charge is 0.496 e. The van der Waals surface area contributed by atoms with Crippen molar-refractivity contribution in [2.45, 2.75) is 386 Å². The zero-order chi connectivity index (χ0) is 100.0. The smallest absolute Gasteiger partial charge is 0.126 e. The molecule has 0 unspecified atom stereocenters. The third kappa shape index (κ3) is 47.6. The van der Waals surface area contributed by atoms with Gasteiger partial charge in [0.1, 0.15) is 11.6 Å². The Morgan fingerprint density at radius 2 is 0.542 bits per heavy atom. The van der Waals surface area contributed by atoms with Gasteiger partial charge in [0.15, 0.2) is 0 Å². The number of aryl methyl sites for hydroxylation is 11. The van der Waals surface area contributed by atoms with Crippen LogP contribution in [0.25, 0.3) is 0 Å². The Labute approximate surface area is 821 Å². The number of hydrogen-bond acceptors (Lipinski definition) is 2. The highest BCUT2D eigenvalue weighted by molar-refractivity contribution is 6.32. The van der Waals surface area contributed by atoms with Gasteiger partial charge in [0.05, 0.1) is 13.7 Å². The Morgan fingerprint density at radius 3 is 0.870 bits per heavy atom. The monoisotopic (exact) mass is 1840 g/mol. The van der Waals surface area contributed by atoms with Crippen LogP contribution in [0.1, 0.15) is 371 Å². The number of benzene rings is 11. The minimum absolute atomic E-state index is 0. The second kappa shape index (κ2) is 53.9. The fourth-order valence-electron chi connectivity index (χ4n) is 13.2. The van der Waals surface area contributed by atoms with Crippen molar-refractivity contribution in [2.24, 2.45) is 0 Å². The van der Waals surface area contributed by atoms with Gasteiger partial charge >= 0.3 is 0 Å². The molecule has 11 aromatic rings. The summed E-state index contributed by atoms with van der Waals surface area (Å²) >= 11 is 18.1. The van der Waals surface area contributed by atoms with E-state index in [1.807, 2.05) is 83.1 Å². The van der Waals surface area contributed by atoms with E-state index in [0.29, 0.717) is 0 Å². The fourth-order valence-corrected chi connectivity index (χ4v) is 14.2. The number of methoxy groups -OCH3 is 1. The Hall–Kier alpha value is -8.02. The molecule has 0 spiro atoms. The van der Waals surface area contributed by atoms with Crippen molar-refractivity contribution in [2.75, 3.05) is 7.11 Å². The predicted octanol–water partition coefficient (Wildman–Crippen LogP) is 39.1. The number of halogens is 4. The first-order valence-electron chi connectivity index (χ1n) is 46.3. The molecule has 0 amide bonds. The van der Waals surface area contributed by atoms with Crippen LogP contribution < -0.4 is 4.74 Å². The molecule has 0 atom stereocenters. The molecule has 0 heterocycles. The molecule has 1 N–H and O–H groups in total. The van der Waals surface area contributed by atoms with Gasteiger partial charge in [-0.3, -0.25) is 0 Å². The second-order valence-corrected chi connectivity index (χ2v) is 47.6. The lowest BCUT2D eigenvalue weighted by molar-refractivity contribution is 0.278. The van der Waals surface area contributed by atoms with E-state index in [-0.39, 0.29) is 86.8 Å². The van der Waals surface area contributed by atoms with E-state index in [1.54, 1.807) is 13.2 Å². The van der Waals surface area contributed by atoms with Crippen LogP contribution in [0.5, 0.6) is 5.75 Å². The van der Waals surface area contributed by atoms with E-state index in [4.69, 9.17) is 39.5 Å². The van der Waals surface area contributed by atoms with Gasteiger partial charge in [-0.05, 0) is 261 Å². The molecular formula is C125H184Cl3FO2. The van der Waals surface area contributed by atoms with Crippen LogP contribution in [-0.4, -0.2) is 12.2 Å². The normalized spacial score (nSPS) is 11.5. The predicted molar refractivity (Wildman–Crippen MR) is 590 cm³/mol. The Morgan fingerprint density at radius 1 is 0.229 bits per heavy atom. The van der Waals surface area contributed by atoms with Crippen molar-refractivity contribution in [1.82, 2.24) is 0 Å². The van der Waals surface area contributed by atoms with E-state index in [1.165, 1.54) is 112 Å². The van der Waals surface area contributed by atoms with Crippen molar-refractivity contribution < 1.29 is 14.2 Å². The number of ether oxygens (including phenoxy) is 1. The number of aliphatic hydroxyl groups is 1. The van der Waals surface area contributed by atoms with Crippen molar-refractivity contribution in [1.29, 1.82) is 0 Å². The van der Waals surface area contributed by atoms with E-state index < -0.39 is 0 Å². The van der Waals surface area contributed by atoms with Crippen LogP contribution in [0.3, 0.4) is 0 Å². The van der Waals surface area contributed by atoms with Gasteiger partial charge in [0.25, 0.3) is 0 Å². The van der Waals surface area contributed by atoms with E-state index in [0.717, 1.165) is 43.1 Å². The van der Waals surface area contributed by atoms with E-state index >= 15 is 0 Å². The molecule has 0 aliphatic rings. The fraction of sp³-hybridized carbons (Fsp3) is 0.472. The van der Waals surface area contributed by atoms with Crippen LogP contribution in [-0.2, 0) is 66.2 Å². The molecule has 0 fully saturated rings. The average Bonchev–Trinajstić information content (AvgIpc) is 0.826. The third-order valence-electron chi connectivity index (χ3n) is 22.1. The summed E-state index contributed by atoms with van der Waals surface area (Å²) in [5.74, 6) is 0.875. The summed E-state index contributed by atoms with van der Waals surface area (Å²) in [4.78, 5) is 0. The van der Waals surface area contributed by atoms with Gasteiger partial charge in [-0.15, -0.1) is 0 Å². The van der Waals surface area contributed by atoms with Crippen molar-refractivity contribution >= 4 is 34.8 Å². The highest BCUT2D eigenvalue weighted by Gasteiger charge is 2.24. The molecule has 0 bridgehead atoms. The summed E-state index contributed by atoms with van der Waals surface area (Å²) in [6.45, 7) is 95.6. The summed E-state index contributed by atoms with van der Waals surface area (Å²) in [6.07, 6.45) is 0. The Balaban J connectivity index is 0. The number of aliphatic hydroxyl groups excluding tert-OH is 1. The summed E-state index contributed by atoms with van der Waals surface area (Å²) in [7, 11) is 1.72. The average molecular weight is 1840 g/mol. The molecule has 0 aliphatic carbocycles. The molecule has 2 nitrogen and oxygen atoms in total. The highest BCUT2D eigenvalue weighted by Crippen LogP contribution is 2.35. The molecule has 0 saturated carbocycles. The van der Waals surface area contributed by atoms with Crippen LogP contribution >= 0.6 is 34.8 Å². The standard InChI is InChI=1S/2C12H18O.C12H18.2C11H15Cl.C11H15F.4C11H16.C10H13Cl.2CH4/c1-9-6-7-10(12(2,3)4)8-11(9)13-5;1-9-5-6-10(8-13)11(7-9)12(2,3)4;1-9-6-7-11(8-10(9)2)12(3,4)5;1-8-5-6-9(7-10(8)12)11(2,3)4;2*1-8-5-6-10(12)9(7-8)11(2,3)4;2*1-9-5-7-10(8-6-9)11(2,3)4;1-9-6-5-7-10(8-9)11(2,3)4;1-9-7-5-6-8-10(9)11(2,3)4;1-10(2,3)8-6-4-5-7-9(8)11;;/h6-8H,1-5H3;5-7,13H,8H2,1-4H3;6-8H,1-5H3;3*5-7H,1-4H3;4*5-8H,1-4H3;4-7H,1-3H3;2*1H4. The number of hydrogen-bond donors (Lipinski definition) is 1. The van der Waals surface area contributed by atoms with Crippen molar-refractivity contribution in [3.8, 4) is 5.75 Å². The van der Waals surface area contributed by atoms with Gasteiger partial charge in [-0.2, -0.15) is 0 Å². The van der Waals surface area contributed by atoms with Gasteiger partial charge < -0.3 is 9.84 Å². The zero-order valence-corrected chi connectivity index (χ0v) is 91.8. The first kappa shape index (κ1) is 125. The summed E-state index contributed by atoms with van der Waals surface area (Å²) < 4.78 is 18.5. The summed E-state index contributed by atoms with van der Waals surface area (Å²) in [5.41, 5.74) is 31.5. The molecule has 0 aliphatic heterocycles. The minimum Gasteiger partial charge on any atom is -0.496 e. The van der Waals surface area contributed by atoms with Crippen molar-refractivity contribution in [3.63, 3.8) is 0 Å². The lowest BCUT2D eigenvalue weighted by Gasteiger charge is -2.22. The second-order valence-electron chi connectivity index (χ2n) is 46.4. The van der Waals surface area contributed by atoms with Crippen LogP contribution in [0.2, 0.25) is 15.1 Å². The van der Waals surface area contributed by atoms with Gasteiger partial charge in [-0.1, -0.05) is 512 Å². The summed E-state index contributed by atoms with van der Waals surface area (Å²) in [5, 5.41) is 11.8. The Kier molecular flexibility index (Phi) is 51.4. The first-order valence-corrected chi connectivity index (χ1v) is 47.5. The quantitative estimate of drug-likeness (QED) is 0.187. The lowest BCUT2D eigenvalue weighted by atomic mass is 9.83. The molecule has 11 aromatic carbocycles. The SMILES string of the molecule is C.C.CC(C)(C)c1ccccc1Cl.COc1cc(C(C)(C)C)ccc1C.Cc1ccc(C(C)(C)C)cc1.Cc1ccc(C(C)(C)C)cc1.Cc1ccc(C(C)(C)C)cc1C.Cc1ccc(C(C)(C)C)cc1Cl.Cc1ccc(CO)c(C(C)(C)C)c1.Cc1ccc(Cl)c(C(C)(C)C)c1.Cc1ccc(F)c(C(C)(C)C)c1.Cc1cccc(C(C)(C)C)c1.Cc1ccccc1C(C)(C)C. The van der Waals surface area contributed by atoms with E-state index in [2.05, 4.69) is 440 Å². The molecule has 11 rings (SSSR count). The number of rotatable bonds is 2. The topological polar surface area (TPSA) is 29.5 Å². The molecule has 131 heavy (non-hydrogen) atoms. The lowest BCUT2D eigenvalue weighted by Crippen LogP contribution is -2.14. The third-order valence-corrected chi connectivity index (χ3v) is 23.2. The maximum absolute atomic E-state index is 13.3. The van der Waals surface area contributed by atoms with Gasteiger partial charge in [0, 0.05) is 15.1 Å².